The van der Waals surface area contributed by atoms with E-state index in [4.69, 9.17) is 0 Å². The summed E-state index contributed by atoms with van der Waals surface area (Å²) in [6.07, 6.45) is -1.39. The van der Waals surface area contributed by atoms with Crippen LogP contribution in [0.3, 0.4) is 0 Å². The predicted molar refractivity (Wildman–Crippen MR) is 101 cm³/mol. The zero-order valence-corrected chi connectivity index (χ0v) is 14.8. The van der Waals surface area contributed by atoms with Crippen molar-refractivity contribution in [2.45, 2.75) is 18.5 Å². The number of halogens is 5. The van der Waals surface area contributed by atoms with Gasteiger partial charge in [-0.15, -0.1) is 0 Å². The van der Waals surface area contributed by atoms with Crippen LogP contribution < -0.4 is 0 Å². The van der Waals surface area contributed by atoms with Gasteiger partial charge in [0, 0.05) is 11.6 Å². The average molecular weight is 388 g/mol. The Bertz CT molecular complexity index is 941. The fourth-order valence-electron chi connectivity index (χ4n) is 2.93. The third-order valence-electron chi connectivity index (χ3n) is 4.43. The molecule has 0 amide bonds. The minimum atomic E-state index is -4.35. The summed E-state index contributed by atoms with van der Waals surface area (Å²) in [6.45, 7) is 0. The second kappa shape index (κ2) is 8.38. The lowest BCUT2D eigenvalue weighted by molar-refractivity contribution is -0.150. The highest BCUT2D eigenvalue weighted by atomic mass is 19.4. The first kappa shape index (κ1) is 19.8. The zero-order valence-electron chi connectivity index (χ0n) is 14.8. The van der Waals surface area contributed by atoms with Crippen LogP contribution in [-0.4, -0.2) is 6.18 Å². The highest BCUT2D eigenvalue weighted by molar-refractivity contribution is 5.69. The van der Waals surface area contributed by atoms with Gasteiger partial charge in [0.15, 0.2) is 0 Å². The van der Waals surface area contributed by atoms with Crippen molar-refractivity contribution in [2.24, 2.45) is 0 Å². The van der Waals surface area contributed by atoms with Crippen molar-refractivity contribution in [1.29, 1.82) is 0 Å². The lowest BCUT2D eigenvalue weighted by atomic mass is 9.91. The van der Waals surface area contributed by atoms with E-state index in [1.54, 1.807) is 48.5 Å². The van der Waals surface area contributed by atoms with Crippen LogP contribution >= 0.6 is 0 Å². The molecule has 1 atom stereocenters. The van der Waals surface area contributed by atoms with Crippen molar-refractivity contribution in [2.75, 3.05) is 0 Å². The third kappa shape index (κ3) is 5.06. The van der Waals surface area contributed by atoms with Crippen molar-refractivity contribution in [3.8, 4) is 0 Å². The zero-order chi connectivity index (χ0) is 20.1. The molecular weight excluding hydrogens is 371 g/mol. The minimum absolute atomic E-state index is 0.163. The molecule has 0 bridgehead atoms. The molecule has 0 unspecified atom stereocenters. The van der Waals surface area contributed by atoms with E-state index in [1.165, 1.54) is 24.3 Å². The number of benzene rings is 3. The predicted octanol–water partition coefficient (Wildman–Crippen LogP) is 7.02. The second-order valence-electron chi connectivity index (χ2n) is 6.45. The molecule has 0 aliphatic carbocycles. The van der Waals surface area contributed by atoms with E-state index in [-0.39, 0.29) is 17.5 Å². The van der Waals surface area contributed by atoms with Gasteiger partial charge in [-0.3, -0.25) is 0 Å². The van der Waals surface area contributed by atoms with Gasteiger partial charge in [0.05, 0.1) is 5.92 Å². The lowest BCUT2D eigenvalue weighted by Crippen LogP contribution is -2.22. The number of alkyl halides is 3. The molecule has 28 heavy (non-hydrogen) atoms. The van der Waals surface area contributed by atoms with Crippen LogP contribution in [0.1, 0.15) is 28.2 Å². The van der Waals surface area contributed by atoms with Crippen LogP contribution in [0.2, 0.25) is 0 Å². The van der Waals surface area contributed by atoms with Crippen LogP contribution in [0, 0.1) is 11.6 Å². The van der Waals surface area contributed by atoms with Gasteiger partial charge in [0.1, 0.15) is 11.6 Å². The first-order valence-electron chi connectivity index (χ1n) is 8.66. The molecule has 0 radical (unpaired) electrons. The Morgan fingerprint density at radius 1 is 0.786 bits per heavy atom. The van der Waals surface area contributed by atoms with Crippen molar-refractivity contribution in [1.82, 2.24) is 0 Å². The summed E-state index contributed by atoms with van der Waals surface area (Å²) in [5.74, 6) is -2.91. The summed E-state index contributed by atoms with van der Waals surface area (Å²) >= 11 is 0. The maximum absolute atomic E-state index is 13.6. The minimum Gasteiger partial charge on any atom is -0.207 e. The lowest BCUT2D eigenvalue weighted by Gasteiger charge is -2.21. The molecule has 0 fully saturated rings. The fourth-order valence-corrected chi connectivity index (χ4v) is 2.93. The summed E-state index contributed by atoms with van der Waals surface area (Å²) < 4.78 is 67.0. The van der Waals surface area contributed by atoms with Crippen molar-refractivity contribution in [3.05, 3.63) is 107 Å². The van der Waals surface area contributed by atoms with E-state index in [1.807, 2.05) is 0 Å². The molecule has 0 aromatic heterocycles. The van der Waals surface area contributed by atoms with Gasteiger partial charge < -0.3 is 0 Å². The molecule has 3 rings (SSSR count). The quantitative estimate of drug-likeness (QED) is 0.325. The summed E-state index contributed by atoms with van der Waals surface area (Å²) in [6, 6.07) is 17.7. The SMILES string of the molecule is Fc1ccc(C=Cc2ccc(C[C@@H](c3ccccc3)C(F)(F)F)cc2)c(F)c1. The van der Waals surface area contributed by atoms with Crippen LogP contribution in [0.5, 0.6) is 0 Å². The summed E-state index contributed by atoms with van der Waals surface area (Å²) in [5.41, 5.74) is 1.71. The van der Waals surface area contributed by atoms with Crippen molar-refractivity contribution < 1.29 is 22.0 Å². The van der Waals surface area contributed by atoms with E-state index in [0.29, 0.717) is 11.1 Å². The van der Waals surface area contributed by atoms with E-state index in [2.05, 4.69) is 0 Å². The second-order valence-corrected chi connectivity index (χ2v) is 6.45. The Morgan fingerprint density at radius 2 is 1.46 bits per heavy atom. The van der Waals surface area contributed by atoms with Gasteiger partial charge in [-0.25, -0.2) is 8.78 Å². The molecule has 0 aliphatic heterocycles. The van der Waals surface area contributed by atoms with Crippen LogP contribution in [0.15, 0.2) is 72.8 Å². The molecule has 0 saturated carbocycles. The smallest absolute Gasteiger partial charge is 0.207 e. The number of hydrogen-bond acceptors (Lipinski definition) is 0. The maximum Gasteiger partial charge on any atom is 0.396 e. The Labute approximate surface area is 160 Å². The van der Waals surface area contributed by atoms with Crippen LogP contribution in [0.4, 0.5) is 22.0 Å². The summed E-state index contributed by atoms with van der Waals surface area (Å²) in [5, 5.41) is 0. The first-order valence-corrected chi connectivity index (χ1v) is 8.66. The molecule has 3 aromatic rings. The van der Waals surface area contributed by atoms with Crippen LogP contribution in [0.25, 0.3) is 12.2 Å². The molecule has 144 valence electrons. The van der Waals surface area contributed by atoms with Crippen molar-refractivity contribution in [3.63, 3.8) is 0 Å². The monoisotopic (exact) mass is 388 g/mol. The Morgan fingerprint density at radius 3 is 2.07 bits per heavy atom. The number of rotatable bonds is 5. The molecule has 0 saturated heterocycles. The molecule has 0 N–H and O–H groups in total. The first-order chi connectivity index (χ1) is 13.3. The summed E-state index contributed by atoms with van der Waals surface area (Å²) in [4.78, 5) is 0. The van der Waals surface area contributed by atoms with Gasteiger partial charge >= 0.3 is 6.18 Å². The molecule has 0 heterocycles. The molecule has 0 spiro atoms. The van der Waals surface area contributed by atoms with E-state index in [0.717, 1.165) is 12.1 Å². The Hall–Kier alpha value is -2.95. The van der Waals surface area contributed by atoms with Gasteiger partial charge in [0.2, 0.25) is 0 Å². The molecular formula is C23H17F5. The largest absolute Gasteiger partial charge is 0.396 e. The highest BCUT2D eigenvalue weighted by Crippen LogP contribution is 2.37. The third-order valence-corrected chi connectivity index (χ3v) is 4.43. The molecule has 3 aromatic carbocycles. The fraction of sp³-hybridized carbons (Fsp3) is 0.130. The Kier molecular flexibility index (Phi) is 5.93. The van der Waals surface area contributed by atoms with E-state index < -0.39 is 23.7 Å². The molecule has 0 aliphatic rings. The standard InChI is InChI=1S/C23H17F5/c24-20-13-12-19(22(25)15-20)11-10-16-6-8-17(9-7-16)14-21(23(26,27)28)18-4-2-1-3-5-18/h1-13,15,21H,14H2/t21-/m0/s1. The summed E-state index contributed by atoms with van der Waals surface area (Å²) in [7, 11) is 0. The van der Waals surface area contributed by atoms with Gasteiger partial charge in [-0.2, -0.15) is 13.2 Å². The Balaban J connectivity index is 1.75. The molecule has 0 nitrogen and oxygen atoms in total. The topological polar surface area (TPSA) is 0 Å². The van der Waals surface area contributed by atoms with E-state index in [9.17, 15) is 22.0 Å². The maximum atomic E-state index is 13.6. The van der Waals surface area contributed by atoms with Crippen molar-refractivity contribution >= 4 is 12.2 Å². The molecule has 5 heteroatoms. The average Bonchev–Trinajstić information content (AvgIpc) is 2.66. The van der Waals surface area contributed by atoms with E-state index >= 15 is 0 Å². The number of hydrogen-bond donors (Lipinski definition) is 0. The van der Waals surface area contributed by atoms with Gasteiger partial charge in [0.25, 0.3) is 0 Å². The van der Waals surface area contributed by atoms with Gasteiger partial charge in [-0.1, -0.05) is 66.7 Å². The van der Waals surface area contributed by atoms with Gasteiger partial charge in [-0.05, 0) is 35.2 Å². The highest BCUT2D eigenvalue weighted by Gasteiger charge is 2.40. The van der Waals surface area contributed by atoms with Crippen LogP contribution in [-0.2, 0) is 6.42 Å². The normalized spacial score (nSPS) is 13.0.